The van der Waals surface area contributed by atoms with Gasteiger partial charge in [-0.05, 0) is 47.9 Å². The summed E-state index contributed by atoms with van der Waals surface area (Å²) in [6.07, 6.45) is -4.66. The lowest BCUT2D eigenvalue weighted by Crippen LogP contribution is -2.39. The molecule has 0 radical (unpaired) electrons. The molecule has 3 aromatic carbocycles. The van der Waals surface area contributed by atoms with E-state index in [9.17, 15) is 19.8 Å². The molecule has 0 aliphatic carbocycles. The lowest BCUT2D eigenvalue weighted by atomic mass is 9.76. The number of fused-ring (bicyclic) bond motifs is 1. The molecule has 2 fully saturated rings. The van der Waals surface area contributed by atoms with Crippen molar-refractivity contribution in [3.8, 4) is 11.5 Å². The zero-order valence-electron chi connectivity index (χ0n) is 27.4. The number of aliphatic hydroxyl groups is 2. The highest BCUT2D eigenvalue weighted by atomic mass is 19.3. The first kappa shape index (κ1) is 33.8. The predicted octanol–water partition coefficient (Wildman–Crippen LogP) is 3.46. The maximum atomic E-state index is 15.3. The Hall–Kier alpha value is -5.71. The number of nitrogens with two attached hydrogens (primary N) is 1. The largest absolute Gasteiger partial charge is 0.497 e. The number of hydrogen-bond acceptors (Lipinski definition) is 12. The number of nitrogen functional groups attached to an aromatic ring is 1. The number of carbonyl (C=O) groups excluding carboxylic acids is 2. The Morgan fingerprint density at radius 1 is 0.961 bits per heavy atom. The first-order valence-electron chi connectivity index (χ1n) is 15.9. The van der Waals surface area contributed by atoms with Gasteiger partial charge in [0.25, 0.3) is 11.8 Å². The number of rotatable bonds is 10. The zero-order valence-corrected chi connectivity index (χ0v) is 27.4. The van der Waals surface area contributed by atoms with Crippen molar-refractivity contribution in [3.05, 3.63) is 101 Å². The molecule has 1 unspecified atom stereocenters. The molecule has 51 heavy (non-hydrogen) atoms. The molecule has 4 atom stereocenters. The van der Waals surface area contributed by atoms with Crippen LogP contribution in [-0.2, 0) is 19.9 Å². The fourth-order valence-electron chi connectivity index (χ4n) is 6.38. The molecule has 4 heterocycles. The van der Waals surface area contributed by atoms with E-state index in [-0.39, 0.29) is 41.5 Å². The highest BCUT2D eigenvalue weighted by Crippen LogP contribution is 2.45. The van der Waals surface area contributed by atoms with Crippen LogP contribution < -0.4 is 20.6 Å². The topological polar surface area (TPSA) is 187 Å². The molecule has 2 aromatic heterocycles. The number of imide groups is 1. The number of hydroxylamine groups is 2. The van der Waals surface area contributed by atoms with Gasteiger partial charge in [0.1, 0.15) is 17.4 Å². The molecule has 2 aliphatic rings. The highest BCUT2D eigenvalue weighted by molar-refractivity contribution is 6.00. The van der Waals surface area contributed by atoms with Crippen LogP contribution in [0.4, 0.5) is 20.5 Å². The Bertz CT molecular complexity index is 2080. The van der Waals surface area contributed by atoms with E-state index in [1.165, 1.54) is 0 Å². The van der Waals surface area contributed by atoms with Crippen LogP contribution in [0.2, 0.25) is 0 Å². The Balaban J connectivity index is 1.40. The average molecular weight is 702 g/mol. The van der Waals surface area contributed by atoms with Crippen molar-refractivity contribution in [3.63, 3.8) is 0 Å². The quantitative estimate of drug-likeness (QED) is 0.123. The van der Waals surface area contributed by atoms with Crippen molar-refractivity contribution in [2.75, 3.05) is 24.8 Å². The van der Waals surface area contributed by atoms with Crippen molar-refractivity contribution >= 4 is 34.7 Å². The van der Waals surface area contributed by atoms with Crippen LogP contribution in [0, 0.1) is 6.92 Å². The van der Waals surface area contributed by atoms with Crippen LogP contribution in [0.25, 0.3) is 11.2 Å². The van der Waals surface area contributed by atoms with E-state index in [4.69, 9.17) is 20.0 Å². The maximum absolute atomic E-state index is 15.3. The summed E-state index contributed by atoms with van der Waals surface area (Å²) in [7, 11) is 1.55. The summed E-state index contributed by atoms with van der Waals surface area (Å²) in [5.41, 5.74) is 7.88. The molecule has 0 bridgehead atoms. The standard InChI is InChI=1S/C35H33F2N7O7/c1-19-3-5-20(6-4-19)34(21-7-11-23(49-2)12-8-21,22-9-13-24(14-10-22)51-44-26(46)15-16-27(44)47)42-30-28-31(41-33(38)40-30)43(18-39-28)32-35(36,37)29(48)25(17-45)50-32/h3-14,18,25,29,32,45,48H,15-17H2,1-2H3,(H3,38,40,41,42)/t25-,29-,32-,34?/m1/s1. The van der Waals surface area contributed by atoms with Gasteiger partial charge >= 0.3 is 5.92 Å². The van der Waals surface area contributed by atoms with Crippen LogP contribution in [0.3, 0.4) is 0 Å². The Morgan fingerprint density at radius 2 is 1.53 bits per heavy atom. The van der Waals surface area contributed by atoms with E-state index < -0.39 is 48.3 Å². The number of amides is 2. The van der Waals surface area contributed by atoms with Crippen LogP contribution in [0.1, 0.15) is 41.3 Å². The number of nitrogens with zero attached hydrogens (tertiary/aromatic N) is 5. The van der Waals surface area contributed by atoms with E-state index in [0.29, 0.717) is 16.9 Å². The van der Waals surface area contributed by atoms with Crippen molar-refractivity contribution in [1.29, 1.82) is 0 Å². The van der Waals surface area contributed by atoms with Gasteiger partial charge in [0, 0.05) is 12.8 Å². The lowest BCUT2D eigenvalue weighted by Gasteiger charge is -2.37. The van der Waals surface area contributed by atoms with E-state index in [0.717, 1.165) is 27.1 Å². The molecule has 5 aromatic rings. The molecule has 14 nitrogen and oxygen atoms in total. The van der Waals surface area contributed by atoms with E-state index in [1.54, 1.807) is 43.5 Å². The number of ether oxygens (including phenoxy) is 2. The van der Waals surface area contributed by atoms with Crippen LogP contribution in [-0.4, -0.2) is 78.5 Å². The minimum absolute atomic E-state index is 0.0570. The predicted molar refractivity (Wildman–Crippen MR) is 178 cm³/mol. The number of aromatic nitrogens is 4. The number of halogens is 2. The molecular weight excluding hydrogens is 668 g/mol. The number of benzene rings is 3. The summed E-state index contributed by atoms with van der Waals surface area (Å²) in [4.78, 5) is 43.2. The number of alkyl halides is 2. The molecule has 2 saturated heterocycles. The minimum Gasteiger partial charge on any atom is -0.497 e. The van der Waals surface area contributed by atoms with Gasteiger partial charge in [-0.2, -0.15) is 18.7 Å². The second kappa shape index (κ2) is 12.9. The van der Waals surface area contributed by atoms with Gasteiger partial charge in [0.2, 0.25) is 12.2 Å². The average Bonchev–Trinajstić information content (AvgIpc) is 3.76. The summed E-state index contributed by atoms with van der Waals surface area (Å²) in [6, 6.07) is 21.7. The summed E-state index contributed by atoms with van der Waals surface area (Å²) in [5, 5.41) is 24.0. The van der Waals surface area contributed by atoms with Crippen LogP contribution >= 0.6 is 0 Å². The second-order valence-electron chi connectivity index (χ2n) is 12.3. The molecular formula is C35H33F2N7O7. The first-order valence-corrected chi connectivity index (χ1v) is 15.9. The van der Waals surface area contributed by atoms with Gasteiger partial charge in [-0.1, -0.05) is 54.1 Å². The lowest BCUT2D eigenvalue weighted by molar-refractivity contribution is -0.164. The van der Waals surface area contributed by atoms with E-state index in [2.05, 4.69) is 20.3 Å². The van der Waals surface area contributed by atoms with Gasteiger partial charge in [0.15, 0.2) is 28.8 Å². The fourth-order valence-corrected chi connectivity index (χ4v) is 6.38. The molecule has 264 valence electrons. The molecule has 5 N–H and O–H groups in total. The smallest absolute Gasteiger partial charge is 0.320 e. The summed E-state index contributed by atoms with van der Waals surface area (Å²) in [5.74, 6) is -4.06. The first-order chi connectivity index (χ1) is 24.5. The van der Waals surface area contributed by atoms with Gasteiger partial charge < -0.3 is 35.6 Å². The fraction of sp³-hybridized carbons (Fsp3) is 0.286. The summed E-state index contributed by atoms with van der Waals surface area (Å²) < 4.78 is 42.3. The minimum atomic E-state index is -3.81. The third-order valence-corrected chi connectivity index (χ3v) is 9.05. The number of carbonyl (C=O) groups is 2. The SMILES string of the molecule is COc1ccc(C(Nc2nc(N)nc3c2ncn3[C@@H]2O[C@H](CO)[C@@H](O)C2(F)F)(c2ccc(C)cc2)c2ccc(ON3C(=O)CCC3=O)cc2)cc1. The van der Waals surface area contributed by atoms with Crippen LogP contribution in [0.15, 0.2) is 79.1 Å². The number of aryl methyl sites for hydroxylation is 1. The van der Waals surface area contributed by atoms with Gasteiger partial charge in [-0.15, -0.1) is 5.06 Å². The number of aliphatic hydroxyl groups excluding tert-OH is 2. The van der Waals surface area contributed by atoms with E-state index in [1.807, 2.05) is 43.3 Å². The molecule has 7 rings (SSSR count). The Morgan fingerprint density at radius 3 is 2.08 bits per heavy atom. The molecule has 2 aliphatic heterocycles. The summed E-state index contributed by atoms with van der Waals surface area (Å²) >= 11 is 0. The zero-order chi connectivity index (χ0) is 36.1. The maximum Gasteiger partial charge on any atom is 0.320 e. The molecule has 0 saturated carbocycles. The van der Waals surface area contributed by atoms with E-state index >= 15 is 8.78 Å². The van der Waals surface area contributed by atoms with Crippen molar-refractivity contribution in [2.45, 2.75) is 49.7 Å². The summed E-state index contributed by atoms with van der Waals surface area (Å²) in [6.45, 7) is 1.11. The Labute approximate surface area is 289 Å². The monoisotopic (exact) mass is 701 g/mol. The third kappa shape index (κ3) is 5.76. The normalized spacial score (nSPS) is 21.2. The third-order valence-electron chi connectivity index (χ3n) is 9.05. The van der Waals surface area contributed by atoms with Crippen molar-refractivity contribution in [1.82, 2.24) is 24.6 Å². The van der Waals surface area contributed by atoms with Gasteiger partial charge in [-0.25, -0.2) is 4.98 Å². The van der Waals surface area contributed by atoms with Crippen molar-refractivity contribution < 1.29 is 42.9 Å². The second-order valence-corrected chi connectivity index (χ2v) is 12.3. The molecule has 2 amide bonds. The molecule has 0 spiro atoms. The molecule has 16 heteroatoms. The number of methoxy groups -OCH3 is 1. The van der Waals surface area contributed by atoms with Crippen LogP contribution in [0.5, 0.6) is 11.5 Å². The van der Waals surface area contributed by atoms with Gasteiger partial charge in [0.05, 0.1) is 20.0 Å². The number of anilines is 2. The number of nitrogens with one attached hydrogen (secondary N) is 1. The highest BCUT2D eigenvalue weighted by Gasteiger charge is 2.59. The number of imidazole rings is 1. The Kier molecular flexibility index (Phi) is 8.53. The number of hydrogen-bond donors (Lipinski definition) is 4. The van der Waals surface area contributed by atoms with Gasteiger partial charge in [-0.3, -0.25) is 14.2 Å². The van der Waals surface area contributed by atoms with Crippen molar-refractivity contribution in [2.24, 2.45) is 0 Å².